The summed E-state index contributed by atoms with van der Waals surface area (Å²) in [5.74, 6) is -0.795. The van der Waals surface area contributed by atoms with Crippen LogP contribution in [0.15, 0.2) is 59.2 Å². The highest BCUT2D eigenvalue weighted by Gasteiger charge is 2.30. The molecule has 1 saturated heterocycles. The fourth-order valence-corrected chi connectivity index (χ4v) is 3.71. The third-order valence-corrected chi connectivity index (χ3v) is 5.06. The van der Waals surface area contributed by atoms with Gasteiger partial charge >= 0.3 is 0 Å². The summed E-state index contributed by atoms with van der Waals surface area (Å²) in [4.78, 5) is 26.9. The van der Waals surface area contributed by atoms with Gasteiger partial charge in [-0.05, 0) is 24.6 Å². The molecule has 2 aromatic heterocycles. The van der Waals surface area contributed by atoms with E-state index in [9.17, 15) is 9.59 Å². The smallest absolute Gasteiger partial charge is 0.234 e. The molecule has 5 nitrogen and oxygen atoms in total. The van der Waals surface area contributed by atoms with Crippen LogP contribution in [0.2, 0.25) is 0 Å². The van der Waals surface area contributed by atoms with Crippen LogP contribution in [0, 0.1) is 0 Å². The molecule has 0 saturated carbocycles. The van der Waals surface area contributed by atoms with Crippen molar-refractivity contribution in [1.82, 2.24) is 10.3 Å². The van der Waals surface area contributed by atoms with Crippen molar-refractivity contribution in [3.8, 4) is 11.3 Å². The second kappa shape index (κ2) is 5.59. The Balaban J connectivity index is 1.55. The number of carbonyl (C=O) groups is 2. The van der Waals surface area contributed by atoms with Gasteiger partial charge in [0.2, 0.25) is 11.8 Å². The van der Waals surface area contributed by atoms with Gasteiger partial charge in [0.1, 0.15) is 5.58 Å². The van der Waals surface area contributed by atoms with E-state index >= 15 is 0 Å². The topological polar surface area (TPSA) is 75.1 Å². The summed E-state index contributed by atoms with van der Waals surface area (Å²) in [7, 11) is 0. The zero-order valence-corrected chi connectivity index (χ0v) is 13.9. The summed E-state index contributed by atoms with van der Waals surface area (Å²) in [6, 6.07) is 16.2. The van der Waals surface area contributed by atoms with E-state index in [-0.39, 0.29) is 17.7 Å². The number of hydrogen-bond acceptors (Lipinski definition) is 3. The lowest BCUT2D eigenvalue weighted by atomic mass is 9.90. The Morgan fingerprint density at radius 1 is 1.04 bits per heavy atom. The van der Waals surface area contributed by atoms with Gasteiger partial charge in [-0.1, -0.05) is 30.3 Å². The number of imide groups is 1. The predicted octanol–water partition coefficient (Wildman–Crippen LogP) is 4.10. The van der Waals surface area contributed by atoms with E-state index in [1.807, 2.05) is 36.4 Å². The van der Waals surface area contributed by atoms with Crippen molar-refractivity contribution >= 4 is 33.7 Å². The highest BCUT2D eigenvalue weighted by atomic mass is 16.3. The van der Waals surface area contributed by atoms with E-state index in [1.165, 1.54) is 0 Å². The number of aromatic nitrogens is 1. The fraction of sp³-hybridized carbons (Fsp3) is 0.143. The van der Waals surface area contributed by atoms with Crippen LogP contribution in [0.4, 0.5) is 0 Å². The molecule has 0 spiro atoms. The van der Waals surface area contributed by atoms with E-state index in [2.05, 4.69) is 22.4 Å². The average molecular weight is 344 g/mol. The first-order valence-corrected chi connectivity index (χ1v) is 8.62. The highest BCUT2D eigenvalue weighted by Crippen LogP contribution is 2.35. The molecule has 0 bridgehead atoms. The quantitative estimate of drug-likeness (QED) is 0.538. The Morgan fingerprint density at radius 2 is 1.92 bits per heavy atom. The zero-order valence-electron chi connectivity index (χ0n) is 13.9. The SMILES string of the molecule is O=C1CCC(c2coc3cc(-c4cc5ccccc5[nH]4)ccc23)C(=O)N1. The molecule has 5 rings (SSSR count). The minimum Gasteiger partial charge on any atom is -0.464 e. The molecule has 1 atom stereocenters. The molecule has 1 fully saturated rings. The van der Waals surface area contributed by atoms with Gasteiger partial charge < -0.3 is 9.40 Å². The first-order valence-electron chi connectivity index (χ1n) is 8.62. The van der Waals surface area contributed by atoms with Crippen molar-refractivity contribution < 1.29 is 14.0 Å². The number of para-hydroxylation sites is 1. The largest absolute Gasteiger partial charge is 0.464 e. The molecule has 0 aliphatic carbocycles. The van der Waals surface area contributed by atoms with Crippen molar-refractivity contribution in [2.45, 2.75) is 18.8 Å². The fourth-order valence-electron chi connectivity index (χ4n) is 3.71. The van der Waals surface area contributed by atoms with E-state index in [1.54, 1.807) is 6.26 Å². The molecule has 128 valence electrons. The molecule has 2 N–H and O–H groups in total. The summed E-state index contributed by atoms with van der Waals surface area (Å²) in [6.45, 7) is 0. The summed E-state index contributed by atoms with van der Waals surface area (Å²) in [5.41, 5.74) is 4.71. The first kappa shape index (κ1) is 15.0. The van der Waals surface area contributed by atoms with Crippen LogP contribution in [0.5, 0.6) is 0 Å². The van der Waals surface area contributed by atoms with Crippen LogP contribution < -0.4 is 5.32 Å². The maximum Gasteiger partial charge on any atom is 0.234 e. The lowest BCUT2D eigenvalue weighted by molar-refractivity contribution is -0.134. The number of furan rings is 1. The third-order valence-electron chi connectivity index (χ3n) is 5.06. The number of benzene rings is 2. The molecular weight excluding hydrogens is 328 g/mol. The van der Waals surface area contributed by atoms with Crippen LogP contribution in [0.1, 0.15) is 24.3 Å². The van der Waals surface area contributed by atoms with Crippen LogP contribution in [0.3, 0.4) is 0 Å². The summed E-state index contributed by atoms with van der Waals surface area (Å²) in [5, 5.41) is 4.48. The number of rotatable bonds is 2. The molecule has 1 aliphatic heterocycles. The van der Waals surface area contributed by atoms with Gasteiger partial charge in [0.15, 0.2) is 0 Å². The zero-order chi connectivity index (χ0) is 17.7. The van der Waals surface area contributed by atoms with Gasteiger partial charge in [0.25, 0.3) is 0 Å². The monoisotopic (exact) mass is 344 g/mol. The summed E-state index contributed by atoms with van der Waals surface area (Å²) >= 11 is 0. The average Bonchev–Trinajstić information content (AvgIpc) is 3.25. The molecule has 4 aromatic rings. The highest BCUT2D eigenvalue weighted by molar-refractivity contribution is 6.03. The van der Waals surface area contributed by atoms with Crippen molar-refractivity contribution in [3.63, 3.8) is 0 Å². The Morgan fingerprint density at radius 3 is 2.77 bits per heavy atom. The van der Waals surface area contributed by atoms with Crippen LogP contribution in [0.25, 0.3) is 33.1 Å². The van der Waals surface area contributed by atoms with E-state index < -0.39 is 0 Å². The number of fused-ring (bicyclic) bond motifs is 2. The predicted molar refractivity (Wildman–Crippen MR) is 98.6 cm³/mol. The maximum absolute atomic E-state index is 12.2. The second-order valence-corrected chi connectivity index (χ2v) is 6.68. The maximum atomic E-state index is 12.2. The molecule has 2 aromatic carbocycles. The van der Waals surface area contributed by atoms with Crippen LogP contribution in [-0.2, 0) is 9.59 Å². The number of hydrogen-bond donors (Lipinski definition) is 2. The molecule has 5 heteroatoms. The molecule has 26 heavy (non-hydrogen) atoms. The minimum absolute atomic E-state index is 0.208. The minimum atomic E-state index is -0.340. The van der Waals surface area contributed by atoms with Crippen molar-refractivity contribution in [1.29, 1.82) is 0 Å². The van der Waals surface area contributed by atoms with Gasteiger partial charge in [-0.2, -0.15) is 0 Å². The van der Waals surface area contributed by atoms with Crippen LogP contribution >= 0.6 is 0 Å². The number of H-pyrrole nitrogens is 1. The summed E-state index contributed by atoms with van der Waals surface area (Å²) < 4.78 is 5.73. The normalized spacial score (nSPS) is 17.8. The van der Waals surface area contributed by atoms with E-state index in [4.69, 9.17) is 4.42 Å². The van der Waals surface area contributed by atoms with Crippen molar-refractivity contribution in [3.05, 3.63) is 60.4 Å². The van der Waals surface area contributed by atoms with Crippen molar-refractivity contribution in [2.24, 2.45) is 0 Å². The molecule has 2 amide bonds. The molecule has 1 unspecified atom stereocenters. The lowest BCUT2D eigenvalue weighted by Gasteiger charge is -2.19. The second-order valence-electron chi connectivity index (χ2n) is 6.68. The third kappa shape index (κ3) is 2.32. The standard InChI is InChI=1S/C21H16N2O3/c24-20-8-7-15(21(25)23-20)16-11-26-19-10-13(5-6-14(16)19)18-9-12-3-1-2-4-17(12)22-18/h1-6,9-11,15,22H,7-8H2,(H,23,24,25). The Hall–Kier alpha value is -3.34. The Bertz CT molecular complexity index is 1140. The Labute approximate surface area is 149 Å². The van der Waals surface area contributed by atoms with Gasteiger partial charge in [0.05, 0.1) is 12.2 Å². The number of piperidine rings is 1. The first-order chi connectivity index (χ1) is 12.7. The van der Waals surface area contributed by atoms with Crippen LogP contribution in [-0.4, -0.2) is 16.8 Å². The van der Waals surface area contributed by atoms with E-state index in [0.717, 1.165) is 38.7 Å². The van der Waals surface area contributed by atoms with Crippen molar-refractivity contribution in [2.75, 3.05) is 0 Å². The lowest BCUT2D eigenvalue weighted by Crippen LogP contribution is -2.39. The number of carbonyl (C=O) groups excluding carboxylic acids is 2. The summed E-state index contributed by atoms with van der Waals surface area (Å²) in [6.07, 6.45) is 2.51. The molecule has 0 radical (unpaired) electrons. The van der Waals surface area contributed by atoms with Gasteiger partial charge in [-0.15, -0.1) is 0 Å². The Kier molecular flexibility index (Phi) is 3.22. The molecule has 1 aliphatic rings. The number of amides is 2. The molecule has 3 heterocycles. The van der Waals surface area contributed by atoms with Gasteiger partial charge in [-0.3, -0.25) is 14.9 Å². The van der Waals surface area contributed by atoms with E-state index in [0.29, 0.717) is 12.8 Å². The number of aromatic amines is 1. The number of nitrogens with one attached hydrogen (secondary N) is 2. The molecular formula is C21H16N2O3. The van der Waals surface area contributed by atoms with Gasteiger partial charge in [-0.25, -0.2) is 0 Å². The van der Waals surface area contributed by atoms with Gasteiger partial charge in [0, 0.05) is 39.5 Å².